The zero-order valence-corrected chi connectivity index (χ0v) is 10.5. The lowest BCUT2D eigenvalue weighted by molar-refractivity contribution is 0.542. The normalized spacial score (nSPS) is 26.9. The third-order valence-electron chi connectivity index (χ3n) is 4.23. The largest absolute Gasteiger partial charge is 0.355 e. The molecule has 1 aromatic rings. The van der Waals surface area contributed by atoms with Crippen molar-refractivity contribution in [2.24, 2.45) is 5.92 Å². The highest BCUT2D eigenvalue weighted by Gasteiger charge is 2.26. The summed E-state index contributed by atoms with van der Waals surface area (Å²) < 4.78 is 0. The third-order valence-corrected chi connectivity index (χ3v) is 4.23. The third kappa shape index (κ3) is 1.70. The van der Waals surface area contributed by atoms with E-state index in [1.807, 2.05) is 0 Å². The van der Waals surface area contributed by atoms with Gasteiger partial charge in [-0.15, -0.1) is 0 Å². The SMILES string of the molecule is CC1C2=C(C=CCC2)Nc2ccccc2C1C. The van der Waals surface area contributed by atoms with Crippen LogP contribution < -0.4 is 5.32 Å². The molecule has 0 radical (unpaired) electrons. The topological polar surface area (TPSA) is 12.0 Å². The number of rotatable bonds is 0. The molecule has 0 amide bonds. The first kappa shape index (κ1) is 10.6. The summed E-state index contributed by atoms with van der Waals surface area (Å²) in [6.45, 7) is 4.71. The van der Waals surface area contributed by atoms with Gasteiger partial charge in [-0.1, -0.05) is 38.1 Å². The van der Waals surface area contributed by atoms with E-state index < -0.39 is 0 Å². The molecule has 17 heavy (non-hydrogen) atoms. The Morgan fingerprint density at radius 3 is 2.82 bits per heavy atom. The summed E-state index contributed by atoms with van der Waals surface area (Å²) in [6, 6.07) is 8.70. The second-order valence-corrected chi connectivity index (χ2v) is 5.17. The lowest BCUT2D eigenvalue weighted by atomic mass is 9.81. The summed E-state index contributed by atoms with van der Waals surface area (Å²) >= 11 is 0. The lowest BCUT2D eigenvalue weighted by Crippen LogP contribution is -2.11. The highest BCUT2D eigenvalue weighted by Crippen LogP contribution is 2.41. The van der Waals surface area contributed by atoms with Crippen molar-refractivity contribution in [1.82, 2.24) is 0 Å². The van der Waals surface area contributed by atoms with Gasteiger partial charge in [0.2, 0.25) is 0 Å². The Kier molecular flexibility index (Phi) is 2.54. The molecule has 1 aliphatic heterocycles. The Hall–Kier alpha value is -1.50. The molecule has 1 N–H and O–H groups in total. The molecule has 88 valence electrons. The highest BCUT2D eigenvalue weighted by atomic mass is 14.9. The van der Waals surface area contributed by atoms with Gasteiger partial charge in [-0.2, -0.15) is 0 Å². The molecule has 1 nitrogen and oxygen atoms in total. The van der Waals surface area contributed by atoms with E-state index in [2.05, 4.69) is 55.6 Å². The Balaban J connectivity index is 2.12. The average molecular weight is 225 g/mol. The molecule has 2 unspecified atom stereocenters. The first-order valence-corrected chi connectivity index (χ1v) is 6.53. The van der Waals surface area contributed by atoms with Gasteiger partial charge in [0.1, 0.15) is 0 Å². The number of benzene rings is 1. The Labute approximate surface area is 103 Å². The smallest absolute Gasteiger partial charge is 0.0419 e. The summed E-state index contributed by atoms with van der Waals surface area (Å²) in [5, 5.41) is 3.62. The molecule has 2 atom stereocenters. The van der Waals surface area contributed by atoms with Crippen LogP contribution in [0.25, 0.3) is 0 Å². The maximum Gasteiger partial charge on any atom is 0.0419 e. The van der Waals surface area contributed by atoms with Crippen molar-refractivity contribution in [2.75, 3.05) is 5.32 Å². The summed E-state index contributed by atoms with van der Waals surface area (Å²) in [7, 11) is 0. The first-order valence-electron chi connectivity index (χ1n) is 6.53. The van der Waals surface area contributed by atoms with Gasteiger partial charge < -0.3 is 5.32 Å². The summed E-state index contributed by atoms with van der Waals surface area (Å²) in [5.74, 6) is 1.23. The lowest BCUT2D eigenvalue weighted by Gasteiger charge is -2.23. The van der Waals surface area contributed by atoms with Gasteiger partial charge in [0.05, 0.1) is 0 Å². The number of nitrogens with one attached hydrogen (secondary N) is 1. The van der Waals surface area contributed by atoms with Crippen LogP contribution in [0.3, 0.4) is 0 Å². The number of hydrogen-bond donors (Lipinski definition) is 1. The molecule has 1 aliphatic carbocycles. The van der Waals surface area contributed by atoms with E-state index in [-0.39, 0.29) is 0 Å². The van der Waals surface area contributed by atoms with Crippen LogP contribution in [-0.2, 0) is 0 Å². The van der Waals surface area contributed by atoms with E-state index in [0.29, 0.717) is 11.8 Å². The fourth-order valence-corrected chi connectivity index (χ4v) is 3.00. The molecule has 0 bridgehead atoms. The monoisotopic (exact) mass is 225 g/mol. The van der Waals surface area contributed by atoms with E-state index in [1.165, 1.54) is 29.8 Å². The number of allylic oxidation sites excluding steroid dienone is 3. The van der Waals surface area contributed by atoms with Crippen molar-refractivity contribution in [3.8, 4) is 0 Å². The van der Waals surface area contributed by atoms with Crippen molar-refractivity contribution in [1.29, 1.82) is 0 Å². The van der Waals surface area contributed by atoms with Crippen LogP contribution in [0, 0.1) is 5.92 Å². The molecule has 0 fully saturated rings. The minimum absolute atomic E-state index is 0.595. The molecule has 1 aromatic carbocycles. The molecule has 3 rings (SSSR count). The predicted molar refractivity (Wildman–Crippen MR) is 73.0 cm³/mol. The zero-order chi connectivity index (χ0) is 11.8. The van der Waals surface area contributed by atoms with Crippen LogP contribution in [0.15, 0.2) is 47.7 Å². The number of fused-ring (bicyclic) bond motifs is 1. The molecule has 1 heteroatoms. The highest BCUT2D eigenvalue weighted by molar-refractivity contribution is 5.61. The second kappa shape index (κ2) is 4.06. The van der Waals surface area contributed by atoms with Gasteiger partial charge >= 0.3 is 0 Å². The predicted octanol–water partition coefficient (Wildman–Crippen LogP) is 4.46. The number of hydrogen-bond acceptors (Lipinski definition) is 1. The quantitative estimate of drug-likeness (QED) is 0.687. The molecule has 2 aliphatic rings. The van der Waals surface area contributed by atoms with Crippen molar-refractivity contribution in [3.05, 3.63) is 53.3 Å². The van der Waals surface area contributed by atoms with Crippen LogP contribution in [0.5, 0.6) is 0 Å². The van der Waals surface area contributed by atoms with Gasteiger partial charge in [-0.25, -0.2) is 0 Å². The average Bonchev–Trinajstić information content (AvgIpc) is 2.48. The molecule has 1 heterocycles. The molecule has 0 saturated heterocycles. The second-order valence-electron chi connectivity index (χ2n) is 5.17. The summed E-state index contributed by atoms with van der Waals surface area (Å²) in [5.41, 5.74) is 5.66. The first-order chi connectivity index (χ1) is 8.27. The van der Waals surface area contributed by atoms with Crippen molar-refractivity contribution >= 4 is 5.69 Å². The summed E-state index contributed by atoms with van der Waals surface area (Å²) in [6.07, 6.45) is 6.92. The molecular formula is C16H19N. The summed E-state index contributed by atoms with van der Waals surface area (Å²) in [4.78, 5) is 0. The number of anilines is 1. The van der Waals surface area contributed by atoms with E-state index in [4.69, 9.17) is 0 Å². The van der Waals surface area contributed by atoms with Crippen molar-refractivity contribution in [2.45, 2.75) is 32.6 Å². The maximum atomic E-state index is 3.62. The van der Waals surface area contributed by atoms with Crippen molar-refractivity contribution < 1.29 is 0 Å². The standard InChI is InChI=1S/C16H19N/c1-11-12(2)14-8-4-6-10-16(14)17-15-9-5-3-7-13(11)15/h3,5-7,9-12,17H,4,8H2,1-2H3. The van der Waals surface area contributed by atoms with Crippen LogP contribution in [-0.4, -0.2) is 0 Å². The van der Waals surface area contributed by atoms with Crippen molar-refractivity contribution in [3.63, 3.8) is 0 Å². The van der Waals surface area contributed by atoms with Crippen LogP contribution >= 0.6 is 0 Å². The number of para-hydroxylation sites is 1. The Bertz CT molecular complexity index is 496. The van der Waals surface area contributed by atoms with Gasteiger partial charge in [0.25, 0.3) is 0 Å². The van der Waals surface area contributed by atoms with E-state index in [0.717, 1.165) is 0 Å². The Morgan fingerprint density at radius 2 is 1.94 bits per heavy atom. The van der Waals surface area contributed by atoms with Gasteiger partial charge in [0, 0.05) is 11.4 Å². The van der Waals surface area contributed by atoms with Crippen LogP contribution in [0.4, 0.5) is 5.69 Å². The van der Waals surface area contributed by atoms with Crippen LogP contribution in [0.2, 0.25) is 0 Å². The van der Waals surface area contributed by atoms with E-state index >= 15 is 0 Å². The van der Waals surface area contributed by atoms with Gasteiger partial charge in [0.15, 0.2) is 0 Å². The van der Waals surface area contributed by atoms with Gasteiger partial charge in [-0.05, 0) is 48.0 Å². The van der Waals surface area contributed by atoms with Crippen LogP contribution in [0.1, 0.15) is 38.2 Å². The molecule has 0 spiro atoms. The molecule has 0 saturated carbocycles. The van der Waals surface area contributed by atoms with E-state index in [9.17, 15) is 0 Å². The minimum atomic E-state index is 0.595. The maximum absolute atomic E-state index is 3.62. The van der Waals surface area contributed by atoms with Gasteiger partial charge in [-0.3, -0.25) is 0 Å². The fraction of sp³-hybridized carbons (Fsp3) is 0.375. The zero-order valence-electron chi connectivity index (χ0n) is 10.5. The Morgan fingerprint density at radius 1 is 1.12 bits per heavy atom. The van der Waals surface area contributed by atoms with E-state index in [1.54, 1.807) is 5.57 Å². The molecule has 0 aromatic heterocycles. The molecular weight excluding hydrogens is 206 g/mol. The fourth-order valence-electron chi connectivity index (χ4n) is 3.00. The minimum Gasteiger partial charge on any atom is -0.355 e.